The minimum absolute atomic E-state index is 0.0978. The zero-order valence-electron chi connectivity index (χ0n) is 8.00. The molecule has 1 aromatic rings. The van der Waals surface area contributed by atoms with Crippen LogP contribution in [0, 0.1) is 18.1 Å². The summed E-state index contributed by atoms with van der Waals surface area (Å²) in [5.74, 6) is -0.861. The van der Waals surface area contributed by atoms with E-state index in [1.165, 1.54) is 12.1 Å². The third kappa shape index (κ3) is 1.77. The highest BCUT2D eigenvalue weighted by molar-refractivity contribution is 5.27. The van der Waals surface area contributed by atoms with E-state index >= 15 is 0 Å². The summed E-state index contributed by atoms with van der Waals surface area (Å²) >= 11 is 0. The molecule has 1 saturated heterocycles. The van der Waals surface area contributed by atoms with Crippen LogP contribution in [0.2, 0.25) is 0 Å². The number of hydrogen-bond acceptors (Lipinski definition) is 1. The van der Waals surface area contributed by atoms with Crippen molar-refractivity contribution in [3.8, 4) is 0 Å². The SMILES string of the molecule is CN1C[CH][C@H](c2ccc(F)cc2F)C1. The number of halogens is 2. The van der Waals surface area contributed by atoms with E-state index in [0.717, 1.165) is 19.2 Å². The lowest BCUT2D eigenvalue weighted by molar-refractivity contribution is 0.412. The molecule has 0 aliphatic carbocycles. The van der Waals surface area contributed by atoms with Gasteiger partial charge >= 0.3 is 0 Å². The highest BCUT2D eigenvalue weighted by atomic mass is 19.1. The van der Waals surface area contributed by atoms with Gasteiger partial charge in [0.25, 0.3) is 0 Å². The first-order valence-corrected chi connectivity index (χ1v) is 4.63. The standard InChI is InChI=1S/C11H12F2N/c1-14-5-4-8(7-14)10-3-2-9(12)6-11(10)13/h2-4,6,8H,5,7H2,1H3/t8-/m0/s1. The first-order chi connectivity index (χ1) is 6.66. The summed E-state index contributed by atoms with van der Waals surface area (Å²) in [6, 6.07) is 3.79. The van der Waals surface area contributed by atoms with E-state index in [1.807, 2.05) is 7.05 Å². The predicted octanol–water partition coefficient (Wildman–Crippen LogP) is 2.20. The molecule has 14 heavy (non-hydrogen) atoms. The largest absolute Gasteiger partial charge is 0.305 e. The van der Waals surface area contributed by atoms with E-state index in [0.29, 0.717) is 5.56 Å². The fraction of sp³-hybridized carbons (Fsp3) is 0.364. The molecule has 0 spiro atoms. The molecule has 1 aliphatic heterocycles. The van der Waals surface area contributed by atoms with Crippen molar-refractivity contribution < 1.29 is 8.78 Å². The average molecular weight is 196 g/mol. The maximum absolute atomic E-state index is 13.4. The Labute approximate surface area is 82.3 Å². The van der Waals surface area contributed by atoms with Gasteiger partial charge in [-0.3, -0.25) is 0 Å². The zero-order valence-corrected chi connectivity index (χ0v) is 8.00. The van der Waals surface area contributed by atoms with Crippen LogP contribution in [0.15, 0.2) is 18.2 Å². The van der Waals surface area contributed by atoms with Gasteiger partial charge in [-0.1, -0.05) is 6.07 Å². The lowest BCUT2D eigenvalue weighted by atomic mass is 9.98. The summed E-state index contributed by atoms with van der Waals surface area (Å²) in [5, 5.41) is 0. The van der Waals surface area contributed by atoms with Crippen molar-refractivity contribution in [2.24, 2.45) is 0 Å². The van der Waals surface area contributed by atoms with Gasteiger partial charge in [-0.2, -0.15) is 0 Å². The molecule has 1 atom stereocenters. The number of likely N-dealkylation sites (N-methyl/N-ethyl adjacent to an activating group) is 1. The number of rotatable bonds is 1. The Morgan fingerprint density at radius 3 is 2.71 bits per heavy atom. The first-order valence-electron chi connectivity index (χ1n) is 4.63. The second-order valence-corrected chi connectivity index (χ2v) is 3.73. The molecule has 1 radical (unpaired) electrons. The van der Waals surface area contributed by atoms with E-state index in [1.54, 1.807) is 0 Å². The molecule has 1 aliphatic rings. The Bertz CT molecular complexity index is 338. The Hall–Kier alpha value is -0.960. The molecule has 1 heterocycles. The molecule has 0 aromatic heterocycles. The van der Waals surface area contributed by atoms with E-state index in [2.05, 4.69) is 11.3 Å². The number of benzene rings is 1. The van der Waals surface area contributed by atoms with E-state index in [9.17, 15) is 8.78 Å². The molecule has 1 fully saturated rings. The summed E-state index contributed by atoms with van der Waals surface area (Å²) < 4.78 is 26.0. The molecule has 0 saturated carbocycles. The van der Waals surface area contributed by atoms with Crippen LogP contribution in [-0.4, -0.2) is 25.0 Å². The van der Waals surface area contributed by atoms with Crippen molar-refractivity contribution >= 4 is 0 Å². The van der Waals surface area contributed by atoms with Crippen molar-refractivity contribution in [3.05, 3.63) is 41.8 Å². The summed E-state index contributed by atoms with van der Waals surface area (Å²) in [4.78, 5) is 2.10. The van der Waals surface area contributed by atoms with Gasteiger partial charge in [0, 0.05) is 25.1 Å². The lowest BCUT2D eigenvalue weighted by Gasteiger charge is -2.11. The van der Waals surface area contributed by atoms with Crippen molar-refractivity contribution in [1.29, 1.82) is 0 Å². The van der Waals surface area contributed by atoms with Crippen LogP contribution >= 0.6 is 0 Å². The van der Waals surface area contributed by atoms with E-state index in [-0.39, 0.29) is 5.92 Å². The van der Waals surface area contributed by atoms with Gasteiger partial charge in [-0.05, 0) is 25.1 Å². The van der Waals surface area contributed by atoms with Gasteiger partial charge in [-0.25, -0.2) is 8.78 Å². The zero-order chi connectivity index (χ0) is 10.1. The molecular weight excluding hydrogens is 184 g/mol. The van der Waals surface area contributed by atoms with Crippen LogP contribution in [0.25, 0.3) is 0 Å². The number of hydrogen-bond donors (Lipinski definition) is 0. The van der Waals surface area contributed by atoms with Gasteiger partial charge in [0.15, 0.2) is 0 Å². The molecule has 1 aromatic carbocycles. The van der Waals surface area contributed by atoms with Crippen LogP contribution < -0.4 is 0 Å². The van der Waals surface area contributed by atoms with Crippen LogP contribution in [-0.2, 0) is 0 Å². The third-order valence-corrected chi connectivity index (χ3v) is 2.57. The third-order valence-electron chi connectivity index (χ3n) is 2.57. The molecule has 0 bridgehead atoms. The molecule has 3 heteroatoms. The fourth-order valence-electron chi connectivity index (χ4n) is 1.82. The van der Waals surface area contributed by atoms with E-state index < -0.39 is 11.6 Å². The lowest BCUT2D eigenvalue weighted by Crippen LogP contribution is -2.13. The average Bonchev–Trinajstić information content (AvgIpc) is 2.51. The van der Waals surface area contributed by atoms with Crippen LogP contribution in [0.1, 0.15) is 11.5 Å². The molecular formula is C11H12F2N. The predicted molar refractivity (Wildman–Crippen MR) is 50.9 cm³/mol. The minimum atomic E-state index is -0.516. The van der Waals surface area contributed by atoms with Crippen LogP contribution in [0.3, 0.4) is 0 Å². The fourth-order valence-corrected chi connectivity index (χ4v) is 1.82. The first kappa shape index (κ1) is 9.59. The quantitative estimate of drug-likeness (QED) is 0.665. The highest BCUT2D eigenvalue weighted by Gasteiger charge is 2.23. The Kier molecular flexibility index (Phi) is 2.50. The minimum Gasteiger partial charge on any atom is -0.305 e. The van der Waals surface area contributed by atoms with Crippen molar-refractivity contribution in [2.75, 3.05) is 20.1 Å². The molecule has 0 unspecified atom stereocenters. The Balaban J connectivity index is 2.24. The molecule has 2 rings (SSSR count). The molecule has 1 nitrogen and oxygen atoms in total. The summed E-state index contributed by atoms with van der Waals surface area (Å²) in [6.07, 6.45) is 2.05. The van der Waals surface area contributed by atoms with Gasteiger partial charge in [0.2, 0.25) is 0 Å². The smallest absolute Gasteiger partial charge is 0.129 e. The number of nitrogens with zero attached hydrogens (tertiary/aromatic N) is 1. The number of likely N-dealkylation sites (tertiary alicyclic amines) is 1. The Morgan fingerprint density at radius 1 is 1.36 bits per heavy atom. The molecule has 0 N–H and O–H groups in total. The molecule has 0 amide bonds. The van der Waals surface area contributed by atoms with Gasteiger partial charge < -0.3 is 4.90 Å². The summed E-state index contributed by atoms with van der Waals surface area (Å²) in [5.41, 5.74) is 0.593. The maximum atomic E-state index is 13.4. The van der Waals surface area contributed by atoms with Crippen molar-refractivity contribution in [1.82, 2.24) is 4.90 Å². The van der Waals surface area contributed by atoms with Crippen molar-refractivity contribution in [3.63, 3.8) is 0 Å². The topological polar surface area (TPSA) is 3.24 Å². The van der Waals surface area contributed by atoms with Crippen LogP contribution in [0.5, 0.6) is 0 Å². The second kappa shape index (κ2) is 3.65. The van der Waals surface area contributed by atoms with Gasteiger partial charge in [0.1, 0.15) is 11.6 Å². The van der Waals surface area contributed by atoms with Crippen LogP contribution in [0.4, 0.5) is 8.78 Å². The second-order valence-electron chi connectivity index (χ2n) is 3.73. The van der Waals surface area contributed by atoms with Gasteiger partial charge in [0.05, 0.1) is 0 Å². The van der Waals surface area contributed by atoms with Gasteiger partial charge in [-0.15, -0.1) is 0 Å². The summed E-state index contributed by atoms with van der Waals surface area (Å²) in [6.45, 7) is 1.67. The monoisotopic (exact) mass is 196 g/mol. The maximum Gasteiger partial charge on any atom is 0.129 e. The Morgan fingerprint density at radius 2 is 2.14 bits per heavy atom. The van der Waals surface area contributed by atoms with Crippen molar-refractivity contribution in [2.45, 2.75) is 5.92 Å². The highest BCUT2D eigenvalue weighted by Crippen LogP contribution is 2.27. The van der Waals surface area contributed by atoms with E-state index in [4.69, 9.17) is 0 Å². The molecule has 75 valence electrons. The summed E-state index contributed by atoms with van der Waals surface area (Å²) in [7, 11) is 1.98. The normalized spacial score (nSPS) is 22.9.